The predicted octanol–water partition coefficient (Wildman–Crippen LogP) is 6.31. The van der Waals surface area contributed by atoms with E-state index < -0.39 is 3.79 Å². The molecule has 0 saturated carbocycles. The van der Waals surface area contributed by atoms with Gasteiger partial charge in [0, 0.05) is 28.0 Å². The highest BCUT2D eigenvalue weighted by atomic mass is 35.6. The van der Waals surface area contributed by atoms with Crippen LogP contribution in [-0.2, 0) is 3.79 Å². The van der Waals surface area contributed by atoms with Gasteiger partial charge >= 0.3 is 0 Å². The van der Waals surface area contributed by atoms with E-state index in [1.807, 2.05) is 42.5 Å². The first-order chi connectivity index (χ1) is 14.3. The van der Waals surface area contributed by atoms with Crippen molar-refractivity contribution in [2.75, 3.05) is 5.43 Å². The molecule has 0 fully saturated rings. The van der Waals surface area contributed by atoms with Gasteiger partial charge in [-0.05, 0) is 44.2 Å². The highest BCUT2D eigenvalue weighted by Gasteiger charge is 2.28. The number of halogens is 3. The van der Waals surface area contributed by atoms with Crippen molar-refractivity contribution in [3.8, 4) is 5.69 Å². The smallest absolute Gasteiger partial charge is 0.250 e. The Hall–Kier alpha value is -2.60. The van der Waals surface area contributed by atoms with Crippen molar-refractivity contribution >= 4 is 57.7 Å². The van der Waals surface area contributed by atoms with Gasteiger partial charge < -0.3 is 4.57 Å². The number of anilines is 1. The second kappa shape index (κ2) is 8.26. The van der Waals surface area contributed by atoms with Gasteiger partial charge in [-0.15, -0.1) is 0 Å². The number of hydrogen-bond donors (Lipinski definition) is 1. The number of aryl methyl sites for hydroxylation is 1. The molecule has 0 spiro atoms. The van der Waals surface area contributed by atoms with Gasteiger partial charge in [0.05, 0.1) is 11.7 Å². The molecule has 0 atom stereocenters. The quantitative estimate of drug-likeness (QED) is 0.221. The Kier molecular flexibility index (Phi) is 5.69. The van der Waals surface area contributed by atoms with Crippen molar-refractivity contribution in [1.29, 1.82) is 0 Å². The molecule has 0 aliphatic rings. The summed E-state index contributed by atoms with van der Waals surface area (Å²) in [7, 11) is 0. The van der Waals surface area contributed by atoms with Crippen LogP contribution in [0.15, 0.2) is 65.8 Å². The minimum absolute atomic E-state index is 0.0890. The number of aromatic nitrogens is 3. The molecule has 4 aromatic rings. The van der Waals surface area contributed by atoms with Crippen molar-refractivity contribution in [3.05, 3.63) is 83.4 Å². The highest BCUT2D eigenvalue weighted by Crippen LogP contribution is 2.37. The number of hydrogen-bond acceptors (Lipinski definition) is 4. The molecule has 4 rings (SSSR count). The maximum atomic E-state index is 6.00. The highest BCUT2D eigenvalue weighted by molar-refractivity contribution is 6.66. The normalized spacial score (nSPS) is 12.0. The van der Waals surface area contributed by atoms with E-state index in [1.54, 1.807) is 6.21 Å². The van der Waals surface area contributed by atoms with E-state index in [0.717, 1.165) is 28.0 Å². The van der Waals surface area contributed by atoms with E-state index in [1.165, 1.54) is 0 Å². The third-order valence-electron chi connectivity index (χ3n) is 4.72. The number of nitrogens with zero attached hydrogens (tertiary/aromatic N) is 4. The summed E-state index contributed by atoms with van der Waals surface area (Å²) in [6.45, 7) is 4.12. The number of para-hydroxylation sites is 2. The molecular weight excluding hydrogens is 441 g/mol. The molecule has 1 N–H and O–H groups in total. The molecule has 2 aromatic heterocycles. The van der Waals surface area contributed by atoms with Crippen LogP contribution in [0.1, 0.15) is 22.8 Å². The second-order valence-corrected chi connectivity index (χ2v) is 9.06. The lowest BCUT2D eigenvalue weighted by atomic mass is 10.2. The van der Waals surface area contributed by atoms with Gasteiger partial charge in [-0.1, -0.05) is 65.1 Å². The zero-order valence-electron chi connectivity index (χ0n) is 16.3. The molecule has 0 radical (unpaired) electrons. The molecule has 2 aromatic carbocycles. The maximum absolute atomic E-state index is 6.00. The number of alkyl halides is 3. The van der Waals surface area contributed by atoms with Crippen LogP contribution < -0.4 is 5.43 Å². The zero-order valence-corrected chi connectivity index (χ0v) is 18.5. The molecule has 0 aliphatic carbocycles. The van der Waals surface area contributed by atoms with Gasteiger partial charge in [0.1, 0.15) is 0 Å². The fourth-order valence-electron chi connectivity index (χ4n) is 3.34. The lowest BCUT2D eigenvalue weighted by Crippen LogP contribution is -2.09. The Morgan fingerprint density at radius 3 is 2.40 bits per heavy atom. The van der Waals surface area contributed by atoms with Crippen LogP contribution >= 0.6 is 34.8 Å². The van der Waals surface area contributed by atoms with Gasteiger partial charge in [0.25, 0.3) is 0 Å². The van der Waals surface area contributed by atoms with Crippen LogP contribution in [0.25, 0.3) is 16.6 Å². The van der Waals surface area contributed by atoms with Gasteiger partial charge in [0.15, 0.2) is 11.6 Å². The van der Waals surface area contributed by atoms with Crippen LogP contribution in [0.3, 0.4) is 0 Å². The minimum Gasteiger partial charge on any atom is -0.318 e. The first kappa shape index (κ1) is 20.7. The van der Waals surface area contributed by atoms with E-state index in [0.29, 0.717) is 11.3 Å². The summed E-state index contributed by atoms with van der Waals surface area (Å²) in [6.07, 6.45) is 1.76. The van der Waals surface area contributed by atoms with Gasteiger partial charge in [0.2, 0.25) is 3.79 Å². The minimum atomic E-state index is -1.73. The topological polar surface area (TPSA) is 55.1 Å². The SMILES string of the molecule is Cc1cc(/C=N/Nc2nc(C(Cl)(Cl)Cl)nc3ccccc23)c(C)n1-c1ccccc1. The summed E-state index contributed by atoms with van der Waals surface area (Å²) in [5.74, 6) is 0.557. The summed E-state index contributed by atoms with van der Waals surface area (Å²) in [5, 5.41) is 5.17. The van der Waals surface area contributed by atoms with Crippen molar-refractivity contribution < 1.29 is 0 Å². The Balaban J connectivity index is 1.67. The molecule has 2 heterocycles. The third-order valence-corrected chi connectivity index (χ3v) is 5.22. The van der Waals surface area contributed by atoms with Gasteiger partial charge in [-0.3, -0.25) is 5.43 Å². The maximum Gasteiger partial charge on any atom is 0.250 e. The molecule has 5 nitrogen and oxygen atoms in total. The second-order valence-electron chi connectivity index (χ2n) is 6.78. The summed E-state index contributed by atoms with van der Waals surface area (Å²) in [4.78, 5) is 8.69. The van der Waals surface area contributed by atoms with Crippen molar-refractivity contribution in [3.63, 3.8) is 0 Å². The molecule has 30 heavy (non-hydrogen) atoms. The Bertz CT molecular complexity index is 1230. The summed E-state index contributed by atoms with van der Waals surface area (Å²) < 4.78 is 0.452. The molecule has 8 heteroatoms. The Morgan fingerprint density at radius 2 is 1.67 bits per heavy atom. The van der Waals surface area contributed by atoms with Gasteiger partial charge in [-0.2, -0.15) is 5.10 Å². The average molecular weight is 459 g/mol. The molecule has 0 unspecified atom stereocenters. The van der Waals surface area contributed by atoms with E-state index in [2.05, 4.69) is 57.1 Å². The van der Waals surface area contributed by atoms with Gasteiger partial charge in [-0.25, -0.2) is 9.97 Å². The summed E-state index contributed by atoms with van der Waals surface area (Å²) in [6, 6.07) is 19.7. The van der Waals surface area contributed by atoms with Crippen molar-refractivity contribution in [2.24, 2.45) is 5.10 Å². The molecule has 0 saturated heterocycles. The van der Waals surface area contributed by atoms with Crippen LogP contribution in [0.5, 0.6) is 0 Å². The first-order valence-electron chi connectivity index (χ1n) is 9.22. The monoisotopic (exact) mass is 457 g/mol. The zero-order chi connectivity index (χ0) is 21.3. The average Bonchev–Trinajstić information content (AvgIpc) is 3.01. The number of nitrogens with one attached hydrogen (secondary N) is 1. The standard InChI is InChI=1S/C22H18Cl3N5/c1-14-12-16(15(2)30(14)17-8-4-3-5-9-17)13-26-29-20-18-10-6-7-11-19(18)27-21(28-20)22(23,24)25/h3-13H,1-2H3,(H,27,28,29)/b26-13+. The Labute approximate surface area is 189 Å². The molecular formula is C22H18Cl3N5. The number of rotatable bonds is 4. The molecule has 0 amide bonds. The van der Waals surface area contributed by atoms with Crippen LogP contribution in [0, 0.1) is 13.8 Å². The largest absolute Gasteiger partial charge is 0.318 e. The molecule has 152 valence electrons. The Morgan fingerprint density at radius 1 is 0.967 bits per heavy atom. The van der Waals surface area contributed by atoms with Crippen molar-refractivity contribution in [1.82, 2.24) is 14.5 Å². The first-order valence-corrected chi connectivity index (χ1v) is 10.4. The fourth-order valence-corrected chi connectivity index (χ4v) is 3.60. The summed E-state index contributed by atoms with van der Waals surface area (Å²) >= 11 is 18.0. The lowest BCUT2D eigenvalue weighted by Gasteiger charge is -2.12. The lowest BCUT2D eigenvalue weighted by molar-refractivity contribution is 0.965. The number of hydrazone groups is 1. The van der Waals surface area contributed by atoms with E-state index >= 15 is 0 Å². The van der Waals surface area contributed by atoms with E-state index in [4.69, 9.17) is 34.8 Å². The number of benzene rings is 2. The number of fused-ring (bicyclic) bond motifs is 1. The van der Waals surface area contributed by atoms with E-state index in [9.17, 15) is 0 Å². The van der Waals surface area contributed by atoms with Crippen molar-refractivity contribution in [2.45, 2.75) is 17.6 Å². The fraction of sp³-hybridized carbons (Fsp3) is 0.136. The molecule has 0 bridgehead atoms. The summed E-state index contributed by atoms with van der Waals surface area (Å²) in [5.41, 5.74) is 7.93. The third kappa shape index (κ3) is 4.15. The van der Waals surface area contributed by atoms with Crippen LogP contribution in [-0.4, -0.2) is 20.7 Å². The van der Waals surface area contributed by atoms with E-state index in [-0.39, 0.29) is 5.82 Å². The predicted molar refractivity (Wildman–Crippen MR) is 125 cm³/mol. The van der Waals surface area contributed by atoms with Crippen LogP contribution in [0.2, 0.25) is 0 Å². The van der Waals surface area contributed by atoms with Crippen LogP contribution in [0.4, 0.5) is 5.82 Å². The molecule has 0 aliphatic heterocycles.